The van der Waals surface area contributed by atoms with Crippen molar-refractivity contribution in [3.8, 4) is 0 Å². The number of carbonyl (C=O) groups excluding carboxylic acids is 1. The summed E-state index contributed by atoms with van der Waals surface area (Å²) in [5, 5.41) is 10.1. The van der Waals surface area contributed by atoms with Gasteiger partial charge in [-0.2, -0.15) is 0 Å². The molecule has 0 aromatic rings. The van der Waals surface area contributed by atoms with Gasteiger partial charge in [-0.15, -0.1) is 12.4 Å². The summed E-state index contributed by atoms with van der Waals surface area (Å²) < 4.78 is 10.9. The summed E-state index contributed by atoms with van der Waals surface area (Å²) in [6.07, 6.45) is 3.21. The molecule has 6 nitrogen and oxygen atoms in total. The smallest absolute Gasteiger partial charge is 0.409 e. The lowest BCUT2D eigenvalue weighted by molar-refractivity contribution is -0.0353. The van der Waals surface area contributed by atoms with Crippen LogP contribution in [0.15, 0.2) is 0 Å². The minimum Gasteiger partial charge on any atom is -0.450 e. The number of piperazine rings is 1. The number of halogens is 1. The van der Waals surface area contributed by atoms with E-state index < -0.39 is 6.10 Å². The number of rotatable bonds is 6. The van der Waals surface area contributed by atoms with Gasteiger partial charge in [0.25, 0.3) is 0 Å². The summed E-state index contributed by atoms with van der Waals surface area (Å²) in [6, 6.07) is 0. The standard InChI is InChI=1S/C16H30N2O4.ClH/c1-3-21-16(20)18-9-7-17(8-10-18)11-14(19)12-22-15-6-4-5-13(15)2;/h13-15,19H,3-12H2,1-2H3;1H. The fourth-order valence-corrected chi connectivity index (χ4v) is 3.27. The molecule has 136 valence electrons. The third-order valence-electron chi connectivity index (χ3n) is 4.65. The minimum absolute atomic E-state index is 0. The van der Waals surface area contributed by atoms with E-state index >= 15 is 0 Å². The first-order chi connectivity index (χ1) is 10.6. The molecule has 1 amide bonds. The zero-order chi connectivity index (χ0) is 15.9. The summed E-state index contributed by atoms with van der Waals surface area (Å²) in [4.78, 5) is 15.5. The number of aliphatic hydroxyl groups excluding tert-OH is 1. The molecule has 1 aliphatic carbocycles. The highest BCUT2D eigenvalue weighted by atomic mass is 35.5. The van der Waals surface area contributed by atoms with Crippen LogP contribution in [0.2, 0.25) is 0 Å². The Kier molecular flexibility index (Phi) is 9.20. The fourth-order valence-electron chi connectivity index (χ4n) is 3.27. The van der Waals surface area contributed by atoms with Crippen LogP contribution in [0.5, 0.6) is 0 Å². The van der Waals surface area contributed by atoms with E-state index in [0.717, 1.165) is 19.5 Å². The molecule has 1 saturated heterocycles. The zero-order valence-electron chi connectivity index (χ0n) is 14.3. The second-order valence-electron chi connectivity index (χ2n) is 6.42. The highest BCUT2D eigenvalue weighted by Gasteiger charge is 2.26. The molecule has 2 fully saturated rings. The van der Waals surface area contributed by atoms with Crippen LogP contribution in [0.25, 0.3) is 0 Å². The molecule has 1 saturated carbocycles. The highest BCUT2D eigenvalue weighted by Crippen LogP contribution is 2.27. The molecule has 2 rings (SSSR count). The third kappa shape index (κ3) is 6.45. The molecule has 0 radical (unpaired) electrons. The summed E-state index contributed by atoms with van der Waals surface area (Å²) in [5.74, 6) is 0.611. The Balaban J connectivity index is 0.00000264. The van der Waals surface area contributed by atoms with E-state index in [-0.39, 0.29) is 18.5 Å². The number of nitrogens with zero attached hydrogens (tertiary/aromatic N) is 2. The molecular weight excluding hydrogens is 320 g/mol. The van der Waals surface area contributed by atoms with Crippen LogP contribution >= 0.6 is 12.4 Å². The van der Waals surface area contributed by atoms with E-state index in [1.54, 1.807) is 4.90 Å². The number of hydrogen-bond acceptors (Lipinski definition) is 5. The Hall–Kier alpha value is -0.560. The van der Waals surface area contributed by atoms with Gasteiger partial charge in [0.2, 0.25) is 0 Å². The van der Waals surface area contributed by atoms with Crippen molar-refractivity contribution in [3.05, 3.63) is 0 Å². The van der Waals surface area contributed by atoms with Gasteiger partial charge in [0.05, 0.1) is 25.4 Å². The number of ether oxygens (including phenoxy) is 2. The Morgan fingerprint density at radius 3 is 2.52 bits per heavy atom. The number of β-amino-alcohol motifs (C(OH)–C–C–N with tert-alkyl or cyclic N) is 1. The summed E-state index contributed by atoms with van der Waals surface area (Å²) in [5.41, 5.74) is 0. The maximum absolute atomic E-state index is 11.6. The van der Waals surface area contributed by atoms with Gasteiger partial charge < -0.3 is 19.5 Å². The highest BCUT2D eigenvalue weighted by molar-refractivity contribution is 5.85. The van der Waals surface area contributed by atoms with Gasteiger partial charge in [-0.1, -0.05) is 13.3 Å². The average molecular weight is 351 g/mol. The number of carbonyl (C=O) groups is 1. The summed E-state index contributed by atoms with van der Waals surface area (Å²) in [6.45, 7) is 8.33. The third-order valence-corrected chi connectivity index (χ3v) is 4.65. The maximum Gasteiger partial charge on any atom is 0.409 e. The molecule has 0 aromatic carbocycles. The van der Waals surface area contributed by atoms with Gasteiger partial charge in [-0.3, -0.25) is 4.90 Å². The predicted molar refractivity (Wildman–Crippen MR) is 91.0 cm³/mol. The van der Waals surface area contributed by atoms with Gasteiger partial charge >= 0.3 is 6.09 Å². The largest absolute Gasteiger partial charge is 0.450 e. The topological polar surface area (TPSA) is 62.2 Å². The molecular formula is C16H31ClN2O4. The Morgan fingerprint density at radius 1 is 1.26 bits per heavy atom. The number of aliphatic hydroxyl groups is 1. The lowest BCUT2D eigenvalue weighted by atomic mass is 10.1. The Morgan fingerprint density at radius 2 is 1.96 bits per heavy atom. The van der Waals surface area contributed by atoms with Crippen molar-refractivity contribution in [2.45, 2.75) is 45.3 Å². The maximum atomic E-state index is 11.6. The van der Waals surface area contributed by atoms with E-state index in [1.165, 1.54) is 12.8 Å². The SMILES string of the molecule is CCOC(=O)N1CCN(CC(O)COC2CCCC2C)CC1.Cl. The van der Waals surface area contributed by atoms with Crippen LogP contribution in [0, 0.1) is 5.92 Å². The van der Waals surface area contributed by atoms with Crippen molar-refractivity contribution in [2.75, 3.05) is 45.9 Å². The molecule has 3 atom stereocenters. The van der Waals surface area contributed by atoms with E-state index in [9.17, 15) is 9.90 Å². The first-order valence-corrected chi connectivity index (χ1v) is 8.54. The molecule has 3 unspecified atom stereocenters. The molecule has 1 heterocycles. The van der Waals surface area contributed by atoms with Gasteiger partial charge in [0.1, 0.15) is 0 Å². The van der Waals surface area contributed by atoms with Crippen LogP contribution < -0.4 is 0 Å². The first kappa shape index (κ1) is 20.5. The lowest BCUT2D eigenvalue weighted by Gasteiger charge is -2.35. The molecule has 2 aliphatic rings. The number of amides is 1. The van der Waals surface area contributed by atoms with Gasteiger partial charge in [-0.25, -0.2) is 4.79 Å². The molecule has 0 bridgehead atoms. The van der Waals surface area contributed by atoms with Crippen LogP contribution in [-0.4, -0.2) is 79.1 Å². The first-order valence-electron chi connectivity index (χ1n) is 8.54. The minimum atomic E-state index is -0.457. The number of hydrogen-bond donors (Lipinski definition) is 1. The van der Waals surface area contributed by atoms with Gasteiger partial charge in [0.15, 0.2) is 0 Å². The van der Waals surface area contributed by atoms with Crippen molar-refractivity contribution in [3.63, 3.8) is 0 Å². The fraction of sp³-hybridized carbons (Fsp3) is 0.938. The Bertz CT molecular complexity index is 351. The molecule has 1 aliphatic heterocycles. The summed E-state index contributed by atoms with van der Waals surface area (Å²) >= 11 is 0. The van der Waals surface area contributed by atoms with E-state index in [0.29, 0.717) is 44.9 Å². The van der Waals surface area contributed by atoms with Crippen LogP contribution in [0.1, 0.15) is 33.1 Å². The van der Waals surface area contributed by atoms with Gasteiger partial charge in [0, 0.05) is 32.7 Å². The monoisotopic (exact) mass is 350 g/mol. The Labute approximate surface area is 145 Å². The van der Waals surface area contributed by atoms with Gasteiger partial charge in [-0.05, 0) is 25.7 Å². The predicted octanol–water partition coefficient (Wildman–Crippen LogP) is 1.75. The van der Waals surface area contributed by atoms with Crippen LogP contribution in [0.4, 0.5) is 4.79 Å². The average Bonchev–Trinajstić information content (AvgIpc) is 2.91. The van der Waals surface area contributed by atoms with E-state index in [2.05, 4.69) is 11.8 Å². The van der Waals surface area contributed by atoms with Crippen LogP contribution in [0.3, 0.4) is 0 Å². The van der Waals surface area contributed by atoms with Crippen molar-refractivity contribution in [1.82, 2.24) is 9.80 Å². The van der Waals surface area contributed by atoms with E-state index in [4.69, 9.17) is 9.47 Å². The second kappa shape index (κ2) is 10.3. The zero-order valence-corrected chi connectivity index (χ0v) is 15.1. The van der Waals surface area contributed by atoms with Crippen molar-refractivity contribution >= 4 is 18.5 Å². The molecule has 23 heavy (non-hydrogen) atoms. The lowest BCUT2D eigenvalue weighted by Crippen LogP contribution is -2.51. The second-order valence-corrected chi connectivity index (χ2v) is 6.42. The molecule has 0 spiro atoms. The van der Waals surface area contributed by atoms with Crippen molar-refractivity contribution < 1.29 is 19.4 Å². The quantitative estimate of drug-likeness (QED) is 0.790. The molecule has 7 heteroatoms. The summed E-state index contributed by atoms with van der Waals surface area (Å²) in [7, 11) is 0. The molecule has 0 aromatic heterocycles. The van der Waals surface area contributed by atoms with Crippen LogP contribution in [-0.2, 0) is 9.47 Å². The van der Waals surface area contributed by atoms with Crippen molar-refractivity contribution in [1.29, 1.82) is 0 Å². The normalized spacial score (nSPS) is 26.7. The molecule has 1 N–H and O–H groups in total. The van der Waals surface area contributed by atoms with Crippen molar-refractivity contribution in [2.24, 2.45) is 5.92 Å². The van der Waals surface area contributed by atoms with E-state index in [1.807, 2.05) is 6.92 Å².